The minimum Gasteiger partial charge on any atom is -0.469 e. The Kier molecular flexibility index (Phi) is 3.57. The first-order valence-corrected chi connectivity index (χ1v) is 9.02. The van der Waals surface area contributed by atoms with Gasteiger partial charge in [0, 0.05) is 11.3 Å². The number of hydrogen-bond acceptors (Lipinski definition) is 5. The zero-order valence-electron chi connectivity index (χ0n) is 11.5. The predicted octanol–water partition coefficient (Wildman–Crippen LogP) is 2.21. The van der Waals surface area contributed by atoms with Crippen molar-refractivity contribution in [1.29, 1.82) is 0 Å². The van der Waals surface area contributed by atoms with Crippen molar-refractivity contribution in [3.8, 4) is 0 Å². The number of carbonyl (C=O) groups excluding carboxylic acids is 1. The first-order chi connectivity index (χ1) is 9.96. The van der Waals surface area contributed by atoms with Crippen LogP contribution in [0.25, 0.3) is 0 Å². The number of esters is 1. The maximum Gasteiger partial charge on any atom is 0.306 e. The second-order valence-electron chi connectivity index (χ2n) is 5.41. The third-order valence-electron chi connectivity index (χ3n) is 3.82. The smallest absolute Gasteiger partial charge is 0.306 e. The normalized spacial score (nSPS) is 20.5. The molecule has 5 nitrogen and oxygen atoms in total. The van der Waals surface area contributed by atoms with E-state index in [0.29, 0.717) is 22.8 Å². The molecule has 0 aromatic heterocycles. The van der Waals surface area contributed by atoms with E-state index in [4.69, 9.17) is 4.74 Å². The van der Waals surface area contributed by atoms with Gasteiger partial charge >= 0.3 is 5.97 Å². The number of rotatable bonds is 4. The fourth-order valence-electron chi connectivity index (χ4n) is 2.33. The van der Waals surface area contributed by atoms with Crippen molar-refractivity contribution in [1.82, 2.24) is 0 Å². The average molecular weight is 325 g/mol. The molecule has 0 atom stereocenters. The van der Waals surface area contributed by atoms with E-state index in [0.717, 1.165) is 12.8 Å². The van der Waals surface area contributed by atoms with Gasteiger partial charge in [0.2, 0.25) is 0 Å². The highest BCUT2D eigenvalue weighted by Gasteiger charge is 2.45. The average Bonchev–Trinajstić information content (AvgIpc) is 3.17. The molecule has 0 amide bonds. The van der Waals surface area contributed by atoms with Gasteiger partial charge in [-0.3, -0.25) is 4.79 Å². The summed E-state index contributed by atoms with van der Waals surface area (Å²) in [5.41, 5.74) is 0.609. The van der Waals surface area contributed by atoms with E-state index in [1.165, 1.54) is 18.9 Å². The van der Waals surface area contributed by atoms with Crippen LogP contribution >= 0.6 is 11.8 Å². The van der Waals surface area contributed by atoms with Crippen molar-refractivity contribution < 1.29 is 17.9 Å². The number of hydrogen-bond donors (Lipinski definition) is 0. The molecule has 0 radical (unpaired) electrons. The van der Waals surface area contributed by atoms with Gasteiger partial charge in [-0.05, 0) is 24.3 Å². The van der Waals surface area contributed by atoms with Gasteiger partial charge < -0.3 is 4.74 Å². The topological polar surface area (TPSA) is 72.8 Å². The van der Waals surface area contributed by atoms with Crippen molar-refractivity contribution in [2.45, 2.75) is 24.2 Å². The Hall–Kier alpha value is -1.34. The maximum atomic E-state index is 12.0. The van der Waals surface area contributed by atoms with E-state index in [1.54, 1.807) is 24.3 Å². The second-order valence-corrected chi connectivity index (χ2v) is 7.95. The van der Waals surface area contributed by atoms with Crippen molar-refractivity contribution >= 4 is 32.8 Å². The van der Waals surface area contributed by atoms with E-state index < -0.39 is 10.0 Å². The summed E-state index contributed by atoms with van der Waals surface area (Å²) in [6, 6.07) is 6.84. The van der Waals surface area contributed by atoms with Crippen molar-refractivity contribution in [2.24, 2.45) is 9.81 Å². The minimum atomic E-state index is -3.55. The van der Waals surface area contributed by atoms with Crippen LogP contribution in [0.3, 0.4) is 0 Å². The molecule has 1 aromatic carbocycles. The number of carbonyl (C=O) groups is 1. The van der Waals surface area contributed by atoms with Crippen LogP contribution in [-0.4, -0.2) is 32.3 Å². The summed E-state index contributed by atoms with van der Waals surface area (Å²) in [5, 5.41) is 0.529. The van der Waals surface area contributed by atoms with E-state index in [1.807, 2.05) is 0 Å². The van der Waals surface area contributed by atoms with Crippen LogP contribution in [0, 0.1) is 5.41 Å². The lowest BCUT2D eigenvalue weighted by molar-refractivity contribution is -0.141. The Morgan fingerprint density at radius 3 is 2.76 bits per heavy atom. The molecular formula is C14H15NO4S2. The predicted molar refractivity (Wildman–Crippen MR) is 80.9 cm³/mol. The van der Waals surface area contributed by atoms with Crippen LogP contribution < -0.4 is 0 Å². The molecule has 0 unspecified atom stereocenters. The van der Waals surface area contributed by atoms with Crippen molar-refractivity contribution in [2.75, 3.05) is 12.9 Å². The molecule has 2 aliphatic rings. The molecule has 0 N–H and O–H groups in total. The second kappa shape index (κ2) is 5.14. The van der Waals surface area contributed by atoms with Crippen LogP contribution in [0.2, 0.25) is 0 Å². The molecule has 1 aliphatic heterocycles. The van der Waals surface area contributed by atoms with Gasteiger partial charge in [0.15, 0.2) is 0 Å². The summed E-state index contributed by atoms with van der Waals surface area (Å²) in [5.74, 6) is 0.472. The Bertz CT molecular complexity index is 720. The molecular weight excluding hydrogens is 310 g/mol. The van der Waals surface area contributed by atoms with E-state index in [9.17, 15) is 13.2 Å². The van der Waals surface area contributed by atoms with Gasteiger partial charge in [-0.2, -0.15) is 12.8 Å². The lowest BCUT2D eigenvalue weighted by Gasteiger charge is -2.12. The number of ether oxygens (including phenoxy) is 1. The highest BCUT2D eigenvalue weighted by atomic mass is 32.2. The van der Waals surface area contributed by atoms with Crippen LogP contribution in [0.5, 0.6) is 0 Å². The fourth-order valence-corrected chi connectivity index (χ4v) is 5.17. The summed E-state index contributed by atoms with van der Waals surface area (Å²) in [6.07, 6.45) is 2.33. The Labute approximate surface area is 127 Å². The molecule has 1 saturated carbocycles. The van der Waals surface area contributed by atoms with Crippen LogP contribution in [0.4, 0.5) is 0 Å². The molecule has 1 aliphatic carbocycles. The first-order valence-electron chi connectivity index (χ1n) is 6.60. The van der Waals surface area contributed by atoms with Crippen molar-refractivity contribution in [3.63, 3.8) is 0 Å². The van der Waals surface area contributed by atoms with Gasteiger partial charge in [-0.1, -0.05) is 18.2 Å². The molecule has 3 rings (SSSR count). The number of methoxy groups -OCH3 is 1. The van der Waals surface area contributed by atoms with Gasteiger partial charge in [0.05, 0.1) is 18.4 Å². The van der Waals surface area contributed by atoms with E-state index >= 15 is 0 Å². The summed E-state index contributed by atoms with van der Waals surface area (Å²) < 4.78 is 32.5. The van der Waals surface area contributed by atoms with Crippen LogP contribution in [-0.2, 0) is 19.6 Å². The summed E-state index contributed by atoms with van der Waals surface area (Å²) >= 11 is 1.41. The number of benzene rings is 1. The van der Waals surface area contributed by atoms with Crippen LogP contribution in [0.15, 0.2) is 33.6 Å². The lowest BCUT2D eigenvalue weighted by Crippen LogP contribution is -2.14. The monoisotopic (exact) mass is 325 g/mol. The molecule has 7 heteroatoms. The van der Waals surface area contributed by atoms with Crippen molar-refractivity contribution in [3.05, 3.63) is 29.8 Å². The number of nitrogens with zero attached hydrogens (tertiary/aromatic N) is 1. The Morgan fingerprint density at radius 2 is 2.10 bits per heavy atom. The molecule has 0 bridgehead atoms. The Balaban J connectivity index is 1.74. The van der Waals surface area contributed by atoms with Crippen LogP contribution in [0.1, 0.15) is 24.8 Å². The maximum absolute atomic E-state index is 12.0. The highest BCUT2D eigenvalue weighted by Crippen LogP contribution is 2.52. The molecule has 1 heterocycles. The quantitative estimate of drug-likeness (QED) is 0.794. The van der Waals surface area contributed by atoms with E-state index in [-0.39, 0.29) is 16.3 Å². The third-order valence-corrected chi connectivity index (χ3v) is 6.61. The molecule has 1 aromatic rings. The summed E-state index contributed by atoms with van der Waals surface area (Å²) in [4.78, 5) is 11.7. The van der Waals surface area contributed by atoms with Gasteiger partial charge in [-0.25, -0.2) is 0 Å². The van der Waals surface area contributed by atoms with E-state index in [2.05, 4.69) is 4.40 Å². The summed E-state index contributed by atoms with van der Waals surface area (Å²) in [7, 11) is -2.17. The van der Waals surface area contributed by atoms with Gasteiger partial charge in [-0.15, -0.1) is 11.8 Å². The zero-order valence-corrected chi connectivity index (χ0v) is 13.2. The number of sulfonamides is 1. The lowest BCUT2D eigenvalue weighted by atomic mass is 10.1. The largest absolute Gasteiger partial charge is 0.469 e. The molecule has 112 valence electrons. The molecule has 21 heavy (non-hydrogen) atoms. The molecule has 0 spiro atoms. The Morgan fingerprint density at radius 1 is 1.38 bits per heavy atom. The number of thioether (sulfide) groups is 1. The SMILES string of the molecule is COC(=O)CC1(CSC2=NS(=O)(=O)c3ccccc32)CC1. The third kappa shape index (κ3) is 2.85. The highest BCUT2D eigenvalue weighted by molar-refractivity contribution is 8.15. The molecule has 0 saturated heterocycles. The van der Waals surface area contributed by atoms with Gasteiger partial charge in [0.25, 0.3) is 10.0 Å². The zero-order chi connectivity index (χ0) is 15.1. The summed E-state index contributed by atoms with van der Waals surface area (Å²) in [6.45, 7) is 0. The fraction of sp³-hybridized carbons (Fsp3) is 0.429. The minimum absolute atomic E-state index is 0.0540. The standard InChI is InChI=1S/C14H15NO4S2/c1-19-12(16)8-14(6-7-14)9-20-13-10-4-2-3-5-11(10)21(17,18)15-13/h2-5H,6-9H2,1H3. The molecule has 1 fully saturated rings. The number of fused-ring (bicyclic) bond motifs is 1. The first kappa shape index (κ1) is 14.6. The van der Waals surface area contributed by atoms with Gasteiger partial charge in [0.1, 0.15) is 5.04 Å².